The number of amides is 3. The van der Waals surface area contributed by atoms with E-state index in [1.165, 1.54) is 0 Å². The molecule has 2 N–H and O–H groups in total. The van der Waals surface area contributed by atoms with Crippen molar-refractivity contribution in [2.45, 2.75) is 118 Å². The highest BCUT2D eigenvalue weighted by Crippen LogP contribution is 2.27. The molecule has 0 saturated carbocycles. The number of alkyl carbamates (subject to hydrolysis) is 1. The number of benzene rings is 1. The Hall–Kier alpha value is -2.57. The van der Waals surface area contributed by atoms with Crippen molar-refractivity contribution in [1.82, 2.24) is 15.5 Å². The number of hydrogen-bond donors (Lipinski definition) is 2. The monoisotopic (exact) mass is 503 g/mol. The molecule has 0 aliphatic heterocycles. The summed E-state index contributed by atoms with van der Waals surface area (Å²) in [4.78, 5) is 41.0. The molecule has 0 aliphatic rings. The molecule has 7 nitrogen and oxygen atoms in total. The van der Waals surface area contributed by atoms with Crippen LogP contribution in [0.1, 0.15) is 109 Å². The number of carbonyl (C=O) groups is 3. The van der Waals surface area contributed by atoms with Gasteiger partial charge in [-0.05, 0) is 65.5 Å². The van der Waals surface area contributed by atoms with E-state index < -0.39 is 17.7 Å². The van der Waals surface area contributed by atoms with E-state index in [1.807, 2.05) is 39.0 Å². The minimum Gasteiger partial charge on any atom is -0.444 e. The van der Waals surface area contributed by atoms with Crippen LogP contribution >= 0.6 is 0 Å². The zero-order chi connectivity index (χ0) is 27.3. The summed E-state index contributed by atoms with van der Waals surface area (Å²) in [5.74, 6) is -0.498. The predicted octanol–water partition coefficient (Wildman–Crippen LogP) is 5.97. The first-order valence-electron chi connectivity index (χ1n) is 13.5. The highest BCUT2D eigenvalue weighted by molar-refractivity contribution is 5.90. The first kappa shape index (κ1) is 31.5. The van der Waals surface area contributed by atoms with E-state index in [9.17, 15) is 14.4 Å². The van der Waals surface area contributed by atoms with Gasteiger partial charge >= 0.3 is 6.09 Å². The number of aryl methyl sites for hydroxylation is 2. The standard InChI is InChI=1S/C29H49N3O4/c1-9-11-12-13-14-18-32(25(33)20-30-28(35)36-29(6,7)8)26(27(34)31-23(5)15-10-2)24-17-16-21(3)19-22(24)4/h16-17,19,23,26H,9-15,18,20H2,1-8H3,(H,30,35)(H,31,34). The molecule has 0 bridgehead atoms. The van der Waals surface area contributed by atoms with E-state index in [1.54, 1.807) is 25.7 Å². The van der Waals surface area contributed by atoms with E-state index in [0.29, 0.717) is 6.54 Å². The van der Waals surface area contributed by atoms with E-state index in [0.717, 1.165) is 61.6 Å². The van der Waals surface area contributed by atoms with Crippen LogP contribution in [0.3, 0.4) is 0 Å². The molecule has 2 atom stereocenters. The number of nitrogens with zero attached hydrogens (tertiary/aromatic N) is 1. The van der Waals surface area contributed by atoms with E-state index in [-0.39, 0.29) is 24.4 Å². The molecule has 3 amide bonds. The topological polar surface area (TPSA) is 87.7 Å². The van der Waals surface area contributed by atoms with Crippen LogP contribution < -0.4 is 10.6 Å². The zero-order valence-electron chi connectivity index (χ0n) is 23.8. The van der Waals surface area contributed by atoms with Gasteiger partial charge in [0.05, 0.1) is 0 Å². The summed E-state index contributed by atoms with van der Waals surface area (Å²) < 4.78 is 5.30. The van der Waals surface area contributed by atoms with Crippen LogP contribution in [0.25, 0.3) is 0 Å². The summed E-state index contributed by atoms with van der Waals surface area (Å²) >= 11 is 0. The normalized spacial score (nSPS) is 13.0. The molecule has 0 saturated heterocycles. The van der Waals surface area contributed by atoms with Crippen LogP contribution in [0.2, 0.25) is 0 Å². The van der Waals surface area contributed by atoms with Crippen molar-refractivity contribution in [1.29, 1.82) is 0 Å². The Morgan fingerprint density at radius 3 is 2.25 bits per heavy atom. The van der Waals surface area contributed by atoms with Crippen molar-refractivity contribution >= 4 is 17.9 Å². The third-order valence-electron chi connectivity index (χ3n) is 6.00. The summed E-state index contributed by atoms with van der Waals surface area (Å²) in [5, 5.41) is 5.69. The van der Waals surface area contributed by atoms with E-state index >= 15 is 0 Å². The molecule has 0 fully saturated rings. The average Bonchev–Trinajstić information content (AvgIpc) is 2.76. The van der Waals surface area contributed by atoms with Crippen LogP contribution in [0.5, 0.6) is 0 Å². The molecular weight excluding hydrogens is 454 g/mol. The molecule has 7 heteroatoms. The Morgan fingerprint density at radius 1 is 1.00 bits per heavy atom. The Bertz CT molecular complexity index is 847. The molecule has 0 radical (unpaired) electrons. The van der Waals surface area contributed by atoms with Gasteiger partial charge in [0.2, 0.25) is 11.8 Å². The second kappa shape index (κ2) is 15.5. The van der Waals surface area contributed by atoms with Gasteiger partial charge in [0.25, 0.3) is 0 Å². The molecule has 1 aromatic carbocycles. The molecule has 36 heavy (non-hydrogen) atoms. The third-order valence-corrected chi connectivity index (χ3v) is 6.00. The van der Waals surface area contributed by atoms with Gasteiger partial charge in [-0.3, -0.25) is 9.59 Å². The minimum atomic E-state index is -0.774. The summed E-state index contributed by atoms with van der Waals surface area (Å²) in [6.07, 6.45) is 6.29. The maximum Gasteiger partial charge on any atom is 0.408 e. The van der Waals surface area contributed by atoms with Crippen molar-refractivity contribution in [3.05, 3.63) is 34.9 Å². The fraction of sp³-hybridized carbons (Fsp3) is 0.690. The summed E-state index contributed by atoms with van der Waals surface area (Å²) in [6, 6.07) is 5.17. The maximum atomic E-state index is 13.7. The molecular formula is C29H49N3O4. The molecule has 0 heterocycles. The number of nitrogens with one attached hydrogen (secondary N) is 2. The van der Waals surface area contributed by atoms with Crippen molar-refractivity contribution in [2.24, 2.45) is 0 Å². The zero-order valence-corrected chi connectivity index (χ0v) is 23.8. The van der Waals surface area contributed by atoms with Gasteiger partial charge in [0, 0.05) is 12.6 Å². The first-order chi connectivity index (χ1) is 16.9. The second-order valence-corrected chi connectivity index (χ2v) is 10.8. The molecule has 0 aromatic heterocycles. The Labute approximate surface area is 218 Å². The van der Waals surface area contributed by atoms with Gasteiger partial charge in [-0.1, -0.05) is 69.7 Å². The van der Waals surface area contributed by atoms with Gasteiger partial charge in [-0.25, -0.2) is 4.79 Å². The van der Waals surface area contributed by atoms with Gasteiger partial charge < -0.3 is 20.3 Å². The van der Waals surface area contributed by atoms with Crippen molar-refractivity contribution in [3.63, 3.8) is 0 Å². The fourth-order valence-corrected chi connectivity index (χ4v) is 4.26. The maximum absolute atomic E-state index is 13.7. The molecule has 2 unspecified atom stereocenters. The molecule has 0 aliphatic carbocycles. The van der Waals surface area contributed by atoms with Crippen LogP contribution in [0.4, 0.5) is 4.79 Å². The number of unbranched alkanes of at least 4 members (excludes halogenated alkanes) is 4. The van der Waals surface area contributed by atoms with Crippen LogP contribution in [0.15, 0.2) is 18.2 Å². The van der Waals surface area contributed by atoms with Gasteiger partial charge in [-0.2, -0.15) is 0 Å². The van der Waals surface area contributed by atoms with Crippen molar-refractivity contribution < 1.29 is 19.1 Å². The lowest BCUT2D eigenvalue weighted by Crippen LogP contribution is -2.49. The van der Waals surface area contributed by atoms with E-state index in [4.69, 9.17) is 4.74 Å². The smallest absolute Gasteiger partial charge is 0.408 e. The largest absolute Gasteiger partial charge is 0.444 e. The minimum absolute atomic E-state index is 0.00264. The van der Waals surface area contributed by atoms with Crippen LogP contribution in [-0.4, -0.2) is 47.5 Å². The van der Waals surface area contributed by atoms with Gasteiger partial charge in [-0.15, -0.1) is 0 Å². The molecule has 204 valence electrons. The van der Waals surface area contributed by atoms with Crippen LogP contribution in [-0.2, 0) is 14.3 Å². The first-order valence-corrected chi connectivity index (χ1v) is 13.5. The Balaban J connectivity index is 3.27. The van der Waals surface area contributed by atoms with E-state index in [2.05, 4.69) is 24.5 Å². The summed E-state index contributed by atoms with van der Waals surface area (Å²) in [6.45, 7) is 15.7. The van der Waals surface area contributed by atoms with Gasteiger partial charge in [0.1, 0.15) is 18.2 Å². The van der Waals surface area contributed by atoms with Crippen LogP contribution in [0, 0.1) is 13.8 Å². The third kappa shape index (κ3) is 11.4. The Kier molecular flexibility index (Phi) is 13.6. The SMILES string of the molecule is CCCCCCCN(C(=O)CNC(=O)OC(C)(C)C)C(C(=O)NC(C)CCC)c1ccc(C)cc1C. The second-order valence-electron chi connectivity index (χ2n) is 10.8. The molecule has 1 rings (SSSR count). The lowest BCUT2D eigenvalue weighted by atomic mass is 9.96. The summed E-state index contributed by atoms with van der Waals surface area (Å²) in [5.41, 5.74) is 2.20. The van der Waals surface area contributed by atoms with Gasteiger partial charge in [0.15, 0.2) is 0 Å². The molecule has 1 aromatic rings. The molecule has 0 spiro atoms. The Morgan fingerprint density at radius 2 is 1.67 bits per heavy atom. The lowest BCUT2D eigenvalue weighted by Gasteiger charge is -2.33. The quantitative estimate of drug-likeness (QED) is 0.306. The summed E-state index contributed by atoms with van der Waals surface area (Å²) in [7, 11) is 0. The predicted molar refractivity (Wildman–Crippen MR) is 146 cm³/mol. The van der Waals surface area contributed by atoms with Crippen molar-refractivity contribution in [2.75, 3.05) is 13.1 Å². The number of ether oxygens (including phenoxy) is 1. The fourth-order valence-electron chi connectivity index (χ4n) is 4.26. The lowest BCUT2D eigenvalue weighted by molar-refractivity contribution is -0.140. The highest BCUT2D eigenvalue weighted by Gasteiger charge is 2.33. The number of hydrogen-bond acceptors (Lipinski definition) is 4. The highest BCUT2D eigenvalue weighted by atomic mass is 16.6. The number of carbonyl (C=O) groups excluding carboxylic acids is 3. The number of rotatable bonds is 14. The van der Waals surface area contributed by atoms with Crippen molar-refractivity contribution in [3.8, 4) is 0 Å². The average molecular weight is 504 g/mol.